The van der Waals surface area contributed by atoms with E-state index >= 15 is 35.1 Å². The van der Waals surface area contributed by atoms with Crippen LogP contribution in [0.2, 0.25) is 0 Å². The second-order valence-corrected chi connectivity index (χ2v) is 23.4. The van der Waals surface area contributed by atoms with Gasteiger partial charge >= 0.3 is 0 Å². The Morgan fingerprint density at radius 2 is 0.621 bits per heavy atom. The van der Waals surface area contributed by atoms with E-state index in [0.717, 1.165) is 33.4 Å². The molecule has 0 N–H and O–H groups in total. The zero-order valence-corrected chi connectivity index (χ0v) is 50.3. The van der Waals surface area contributed by atoms with Gasteiger partial charge in [-0.25, -0.2) is 35.1 Å². The third-order valence-corrected chi connectivity index (χ3v) is 18.3. The Morgan fingerprint density at radius 1 is 0.284 bits per heavy atom. The van der Waals surface area contributed by atoms with Crippen LogP contribution in [0.25, 0.3) is 56.7 Å². The van der Waals surface area contributed by atoms with Gasteiger partial charge in [-0.2, -0.15) is 0 Å². The Kier molecular flexibility index (Phi) is 14.8. The lowest BCUT2D eigenvalue weighted by Crippen LogP contribution is -2.32. The molecule has 13 aromatic rings. The summed E-state index contributed by atoms with van der Waals surface area (Å²) in [6.45, 7) is 7.65. The molecule has 0 fully saturated rings. The van der Waals surface area contributed by atoms with Gasteiger partial charge in [-0.15, -0.1) is 0 Å². The summed E-state index contributed by atoms with van der Waals surface area (Å²) in [4.78, 5) is 1.84. The van der Waals surface area contributed by atoms with E-state index in [1.807, 2.05) is 102 Å². The summed E-state index contributed by atoms with van der Waals surface area (Å²) < 4.78 is 147. The Labute approximate surface area is 542 Å². The topological polar surface area (TPSA) is 21.7 Å². The van der Waals surface area contributed by atoms with Crippen molar-refractivity contribution < 1.29 is 44.6 Å². The average Bonchev–Trinajstić information content (AvgIpc) is 1.56. The molecule has 15 rings (SSSR count). The molecule has 0 saturated heterocycles. The van der Waals surface area contributed by atoms with Crippen molar-refractivity contribution in [3.8, 4) is 67.5 Å². The number of anilines is 3. The van der Waals surface area contributed by atoms with Crippen molar-refractivity contribution in [2.45, 2.75) is 10.8 Å². The first-order valence-electron chi connectivity index (χ1n) is 30.5. The lowest BCUT2D eigenvalue weighted by molar-refractivity contribution is 0.426. The average molecular weight is 1260 g/mol. The van der Waals surface area contributed by atoms with Gasteiger partial charge in [-0.3, -0.25) is 0 Å². The smallest absolute Gasteiger partial charge is 0.166 e. The highest BCUT2D eigenvalue weighted by molar-refractivity contribution is 5.93. The quantitative estimate of drug-likeness (QED) is 0.0754. The lowest BCUT2D eigenvalue weighted by Gasteiger charge is -2.36. The highest BCUT2D eigenvalue weighted by atomic mass is 19.2. The molecule has 2 aliphatic rings. The van der Waals surface area contributed by atoms with Crippen LogP contribution < -0.4 is 14.4 Å². The van der Waals surface area contributed by atoms with E-state index in [0.29, 0.717) is 73.4 Å². The van der Waals surface area contributed by atoms with Crippen LogP contribution in [0.3, 0.4) is 0 Å². The molecule has 13 aromatic carbocycles. The summed E-state index contributed by atoms with van der Waals surface area (Å²) in [5.74, 6) is -11.3. The van der Waals surface area contributed by atoms with Crippen LogP contribution in [-0.4, -0.2) is 0 Å². The van der Waals surface area contributed by atoms with E-state index in [4.69, 9.17) is 9.47 Å². The van der Waals surface area contributed by atoms with Gasteiger partial charge < -0.3 is 14.4 Å². The molecule has 0 heterocycles. The van der Waals surface area contributed by atoms with Crippen LogP contribution in [0.15, 0.2) is 286 Å². The number of nitrogens with zero attached hydrogens (tertiary/aromatic N) is 1. The normalized spacial score (nSPS) is 14.9. The number of benzene rings is 13. The summed E-state index contributed by atoms with van der Waals surface area (Å²) in [5, 5.41) is 0. The van der Waals surface area contributed by atoms with Crippen LogP contribution in [0.1, 0.15) is 55.6 Å². The molecule has 2 unspecified atom stereocenters. The summed E-state index contributed by atoms with van der Waals surface area (Å²) in [6.07, 6.45) is 3.39. The number of rotatable bonds is 15. The van der Waals surface area contributed by atoms with Crippen molar-refractivity contribution in [3.05, 3.63) is 388 Å². The van der Waals surface area contributed by atoms with E-state index < -0.39 is 68.5 Å². The Morgan fingerprint density at radius 3 is 1.02 bits per heavy atom. The molecule has 0 saturated carbocycles. The highest BCUT2D eigenvalue weighted by Gasteiger charge is 2.53. The summed E-state index contributed by atoms with van der Waals surface area (Å²) >= 11 is 0. The molecule has 0 bridgehead atoms. The first-order chi connectivity index (χ1) is 46.3. The maximum Gasteiger partial charge on any atom is 0.166 e. The Hall–Kier alpha value is -11.8. The van der Waals surface area contributed by atoms with Crippen LogP contribution in [0, 0.1) is 46.5 Å². The van der Waals surface area contributed by atoms with Crippen LogP contribution >= 0.6 is 0 Å². The van der Waals surface area contributed by atoms with Gasteiger partial charge in [0.1, 0.15) is 23.0 Å². The molecule has 2 aliphatic carbocycles. The van der Waals surface area contributed by atoms with Gasteiger partial charge in [0.15, 0.2) is 46.5 Å². The summed E-state index contributed by atoms with van der Waals surface area (Å²) in [6, 6.07) is 77.7. The fourth-order valence-electron chi connectivity index (χ4n) is 14.0. The molecule has 11 heteroatoms. The van der Waals surface area contributed by atoms with Crippen molar-refractivity contribution in [2.24, 2.45) is 0 Å². The van der Waals surface area contributed by atoms with E-state index in [2.05, 4.69) is 19.2 Å². The zero-order valence-electron chi connectivity index (χ0n) is 50.3. The monoisotopic (exact) mass is 1260 g/mol. The van der Waals surface area contributed by atoms with E-state index in [9.17, 15) is 0 Å². The number of hydrogen-bond donors (Lipinski definition) is 0. The Bertz CT molecular complexity index is 4880. The second-order valence-electron chi connectivity index (χ2n) is 23.4. The molecule has 0 amide bonds. The van der Waals surface area contributed by atoms with Gasteiger partial charge in [0.2, 0.25) is 0 Å². The number of hydrogen-bond acceptors (Lipinski definition) is 3. The molecule has 2 atom stereocenters. The number of ether oxygens (including phenoxy) is 2. The predicted octanol–water partition coefficient (Wildman–Crippen LogP) is 23.2. The summed E-state index contributed by atoms with van der Waals surface area (Å²) in [7, 11) is 0. The minimum absolute atomic E-state index is 0.186. The first-order valence-corrected chi connectivity index (χ1v) is 30.5. The lowest BCUT2D eigenvalue weighted by atomic mass is 9.67. The molecule has 460 valence electrons. The third kappa shape index (κ3) is 9.80. The maximum absolute atomic E-state index is 17.4. The highest BCUT2D eigenvalue weighted by Crippen LogP contribution is 2.61. The number of fused-ring (bicyclic) bond motifs is 6. The van der Waals surface area contributed by atoms with E-state index in [1.54, 1.807) is 170 Å². The minimum Gasteiger partial charge on any atom is -0.457 e. The van der Waals surface area contributed by atoms with Gasteiger partial charge in [-0.1, -0.05) is 195 Å². The van der Waals surface area contributed by atoms with Gasteiger partial charge in [0.25, 0.3) is 0 Å². The van der Waals surface area contributed by atoms with E-state index in [-0.39, 0.29) is 34.4 Å². The minimum atomic E-state index is -2.13. The predicted molar refractivity (Wildman–Crippen MR) is 359 cm³/mol. The van der Waals surface area contributed by atoms with Crippen molar-refractivity contribution in [2.75, 3.05) is 4.90 Å². The van der Waals surface area contributed by atoms with Crippen LogP contribution in [-0.2, 0) is 10.8 Å². The fraction of sp³-hybridized carbons (Fsp3) is 0.0238. The maximum atomic E-state index is 17.4. The third-order valence-electron chi connectivity index (χ3n) is 18.3. The zero-order chi connectivity index (χ0) is 65.3. The first kappa shape index (κ1) is 59.5. The molecular weight excluding hydrogens is 1210 g/mol. The van der Waals surface area contributed by atoms with Crippen LogP contribution in [0.4, 0.5) is 52.2 Å². The molecule has 3 nitrogen and oxygen atoms in total. The SMILES string of the molecule is C=Cc1ccc(Oc2ccc(C3(c4c(F)c(F)cc(F)c4F)c4ccccc4-c4ccc(N(c5ccc(-c6cccc(-c7ccccc7)c6)cc5)c5ccc6c(c5)C(c5ccc(Oc7ccc(C=C)cc7)cc5)(c5c(F)c(F)cc(F)c5F)c5ccccc5-6)cc43)cc2)cc1. The fourth-order valence-corrected chi connectivity index (χ4v) is 14.0. The van der Waals surface area contributed by atoms with Gasteiger partial charge in [0.05, 0.1) is 10.8 Å². The van der Waals surface area contributed by atoms with Crippen LogP contribution in [0.5, 0.6) is 23.0 Å². The van der Waals surface area contributed by atoms with Crippen molar-refractivity contribution >= 4 is 29.2 Å². The largest absolute Gasteiger partial charge is 0.457 e. The number of halogens is 8. The Balaban J connectivity index is 0.971. The van der Waals surface area contributed by atoms with Crippen molar-refractivity contribution in [1.29, 1.82) is 0 Å². The molecule has 0 radical (unpaired) electrons. The van der Waals surface area contributed by atoms with Crippen molar-refractivity contribution in [3.63, 3.8) is 0 Å². The molecule has 0 aliphatic heterocycles. The van der Waals surface area contributed by atoms with Gasteiger partial charge in [0, 0.05) is 40.3 Å². The van der Waals surface area contributed by atoms with Crippen molar-refractivity contribution in [1.82, 2.24) is 0 Å². The standard InChI is InChI=1S/C84H51F8NO2/c1-3-50-21-35-61(36-22-50)94-63-39-27-56(28-40-63)83(77-79(89)73(85)48-74(86)80(77)90)69-19-10-8-17-65(69)67-43-33-59(46-71(67)83)93(58-31-25-53(26-32-58)55-16-12-15-54(45-55)52-13-6-5-7-14-52)60-34-44-68-66-18-9-11-20-70(66)84(72(68)47-60,78-81(91)75(87)49-76(88)82(78)92)57-29-41-64(42-30-57)95-62-37-23-51(4-2)24-38-62/h3-49H,1-2H2. The molecule has 0 aromatic heterocycles. The molecular formula is C84H51F8NO2. The second kappa shape index (κ2) is 23.7. The molecule has 95 heavy (non-hydrogen) atoms. The summed E-state index contributed by atoms with van der Waals surface area (Å²) in [5.41, 5.74) is 4.09. The van der Waals surface area contributed by atoms with E-state index in [1.165, 1.54) is 0 Å². The molecule has 0 spiro atoms. The van der Waals surface area contributed by atoms with Gasteiger partial charge in [-0.05, 0) is 180 Å².